The summed E-state index contributed by atoms with van der Waals surface area (Å²) in [6.07, 6.45) is 0.915. The lowest BCUT2D eigenvalue weighted by Gasteiger charge is -2.40. The maximum atomic E-state index is 10.8. The zero-order chi connectivity index (χ0) is 12.4. The molecule has 0 bridgehead atoms. The number of aryl methyl sites for hydroxylation is 1. The van der Waals surface area contributed by atoms with E-state index >= 15 is 0 Å². The van der Waals surface area contributed by atoms with Gasteiger partial charge >= 0.3 is 5.97 Å². The van der Waals surface area contributed by atoms with Crippen LogP contribution in [-0.4, -0.2) is 29.1 Å². The van der Waals surface area contributed by atoms with Gasteiger partial charge < -0.3 is 9.52 Å². The Morgan fingerprint density at radius 1 is 1.53 bits per heavy atom. The van der Waals surface area contributed by atoms with Gasteiger partial charge in [-0.3, -0.25) is 9.69 Å². The van der Waals surface area contributed by atoms with Crippen LogP contribution in [0.4, 0.5) is 0 Å². The molecule has 0 aromatic carbocycles. The summed E-state index contributed by atoms with van der Waals surface area (Å²) in [5.41, 5.74) is 0. The maximum absolute atomic E-state index is 10.8. The normalized spacial score (nSPS) is 18.9. The molecule has 1 aromatic heterocycles. The molecule has 2 heterocycles. The van der Waals surface area contributed by atoms with Crippen molar-refractivity contribution >= 4 is 5.97 Å². The third-order valence-electron chi connectivity index (χ3n) is 3.53. The Hall–Kier alpha value is -1.29. The van der Waals surface area contributed by atoms with Crippen molar-refractivity contribution in [3.8, 4) is 0 Å². The van der Waals surface area contributed by atoms with Crippen molar-refractivity contribution < 1.29 is 14.3 Å². The zero-order valence-electron chi connectivity index (χ0n) is 10.3. The summed E-state index contributed by atoms with van der Waals surface area (Å²) in [5, 5.41) is 8.89. The van der Waals surface area contributed by atoms with E-state index in [1.807, 2.05) is 12.1 Å². The van der Waals surface area contributed by atoms with Gasteiger partial charge in [0.15, 0.2) is 0 Å². The Morgan fingerprint density at radius 2 is 2.18 bits per heavy atom. The third-order valence-corrected chi connectivity index (χ3v) is 3.53. The number of hydrogen-bond donors (Lipinski definition) is 1. The van der Waals surface area contributed by atoms with Crippen LogP contribution in [0.25, 0.3) is 0 Å². The molecule has 1 aliphatic heterocycles. The van der Waals surface area contributed by atoms with E-state index in [-0.39, 0.29) is 11.8 Å². The second kappa shape index (κ2) is 4.92. The Balaban J connectivity index is 1.79. The fourth-order valence-electron chi connectivity index (χ4n) is 2.17. The van der Waals surface area contributed by atoms with Crippen LogP contribution in [-0.2, 0) is 17.8 Å². The van der Waals surface area contributed by atoms with Crippen LogP contribution in [0.1, 0.15) is 25.4 Å². The highest BCUT2D eigenvalue weighted by atomic mass is 16.4. The monoisotopic (exact) mass is 237 g/mol. The van der Waals surface area contributed by atoms with E-state index in [2.05, 4.69) is 11.8 Å². The topological polar surface area (TPSA) is 53.7 Å². The van der Waals surface area contributed by atoms with Crippen LogP contribution in [0.3, 0.4) is 0 Å². The van der Waals surface area contributed by atoms with Gasteiger partial charge in [0.25, 0.3) is 0 Å². The molecule has 1 N–H and O–H groups in total. The van der Waals surface area contributed by atoms with E-state index in [9.17, 15) is 4.79 Å². The molecule has 0 radical (unpaired) electrons. The van der Waals surface area contributed by atoms with Gasteiger partial charge in [0.1, 0.15) is 11.5 Å². The van der Waals surface area contributed by atoms with Crippen molar-refractivity contribution in [1.82, 2.24) is 4.90 Å². The maximum Gasteiger partial charge on any atom is 0.306 e. The van der Waals surface area contributed by atoms with Crippen LogP contribution in [0, 0.1) is 11.8 Å². The molecule has 1 atom stereocenters. The number of hydrogen-bond acceptors (Lipinski definition) is 3. The van der Waals surface area contributed by atoms with Crippen LogP contribution in [0.2, 0.25) is 0 Å². The van der Waals surface area contributed by atoms with E-state index in [0.29, 0.717) is 0 Å². The van der Waals surface area contributed by atoms with Gasteiger partial charge in [-0.05, 0) is 18.1 Å². The predicted molar refractivity (Wildman–Crippen MR) is 63.7 cm³/mol. The summed E-state index contributed by atoms with van der Waals surface area (Å²) in [5.74, 6) is 1.34. The van der Waals surface area contributed by atoms with Crippen LogP contribution in [0.5, 0.6) is 0 Å². The largest absolute Gasteiger partial charge is 0.481 e. The van der Waals surface area contributed by atoms with Crippen molar-refractivity contribution in [3.63, 3.8) is 0 Å². The summed E-state index contributed by atoms with van der Waals surface area (Å²) >= 11 is 0. The number of carboxylic acid groups (broad SMARTS) is 1. The second-order valence-electron chi connectivity index (χ2n) is 4.80. The highest BCUT2D eigenvalue weighted by molar-refractivity contribution is 5.70. The minimum Gasteiger partial charge on any atom is -0.481 e. The highest BCUT2D eigenvalue weighted by Gasteiger charge is 2.34. The Bertz CT molecular complexity index is 393. The fourth-order valence-corrected chi connectivity index (χ4v) is 2.17. The minimum atomic E-state index is -0.694. The molecule has 1 unspecified atom stereocenters. The first-order valence-electron chi connectivity index (χ1n) is 6.13. The van der Waals surface area contributed by atoms with E-state index in [0.717, 1.165) is 37.6 Å². The zero-order valence-corrected chi connectivity index (χ0v) is 10.3. The molecule has 1 saturated heterocycles. The van der Waals surface area contributed by atoms with Gasteiger partial charge in [-0.2, -0.15) is 0 Å². The van der Waals surface area contributed by atoms with Crippen molar-refractivity contribution in [2.45, 2.75) is 26.8 Å². The van der Waals surface area contributed by atoms with Crippen molar-refractivity contribution in [1.29, 1.82) is 0 Å². The van der Waals surface area contributed by atoms with Crippen LogP contribution >= 0.6 is 0 Å². The molecule has 0 spiro atoms. The molecule has 4 nitrogen and oxygen atoms in total. The fraction of sp³-hybridized carbons (Fsp3) is 0.615. The lowest BCUT2D eigenvalue weighted by atomic mass is 9.87. The number of furan rings is 1. The van der Waals surface area contributed by atoms with Crippen molar-refractivity contribution in [2.24, 2.45) is 11.8 Å². The number of rotatable bonds is 5. The second-order valence-corrected chi connectivity index (χ2v) is 4.80. The number of likely N-dealkylation sites (tertiary alicyclic amines) is 1. The third kappa shape index (κ3) is 2.69. The molecule has 4 heteroatoms. The lowest BCUT2D eigenvalue weighted by Crippen LogP contribution is -2.50. The molecule has 1 aliphatic rings. The highest BCUT2D eigenvalue weighted by Crippen LogP contribution is 2.26. The predicted octanol–water partition coefficient (Wildman–Crippen LogP) is 1.99. The van der Waals surface area contributed by atoms with Crippen LogP contribution < -0.4 is 0 Å². The van der Waals surface area contributed by atoms with Crippen molar-refractivity contribution in [2.75, 3.05) is 13.1 Å². The van der Waals surface area contributed by atoms with Gasteiger partial charge in [-0.25, -0.2) is 0 Å². The Labute approximate surface area is 101 Å². The smallest absolute Gasteiger partial charge is 0.306 e. The number of carboxylic acids is 1. The Morgan fingerprint density at radius 3 is 2.71 bits per heavy atom. The molecule has 1 fully saturated rings. The molecule has 1 aromatic rings. The van der Waals surface area contributed by atoms with Gasteiger partial charge in [-0.15, -0.1) is 0 Å². The van der Waals surface area contributed by atoms with E-state index < -0.39 is 5.97 Å². The quantitative estimate of drug-likeness (QED) is 0.851. The van der Waals surface area contributed by atoms with E-state index in [1.54, 1.807) is 6.92 Å². The molecule has 0 amide bonds. The number of nitrogens with zero attached hydrogens (tertiary/aromatic N) is 1. The summed E-state index contributed by atoms with van der Waals surface area (Å²) in [7, 11) is 0. The van der Waals surface area contributed by atoms with E-state index in [1.165, 1.54) is 0 Å². The lowest BCUT2D eigenvalue weighted by molar-refractivity contribution is -0.145. The number of aliphatic carboxylic acids is 1. The van der Waals surface area contributed by atoms with E-state index in [4.69, 9.17) is 9.52 Å². The molecule has 0 saturated carbocycles. The van der Waals surface area contributed by atoms with Crippen LogP contribution in [0.15, 0.2) is 16.5 Å². The van der Waals surface area contributed by atoms with Gasteiger partial charge in [0.05, 0.1) is 12.5 Å². The Kier molecular flexibility index (Phi) is 3.52. The SMILES string of the molecule is CCc1ccc(CN2CC(C(C)C(=O)O)C2)o1. The molecule has 94 valence electrons. The molecular formula is C13H19NO3. The average Bonchev–Trinajstić information content (AvgIpc) is 2.69. The summed E-state index contributed by atoms with van der Waals surface area (Å²) in [4.78, 5) is 13.0. The first-order valence-corrected chi connectivity index (χ1v) is 6.13. The van der Waals surface area contributed by atoms with Gasteiger partial charge in [0, 0.05) is 19.5 Å². The van der Waals surface area contributed by atoms with Crippen molar-refractivity contribution in [3.05, 3.63) is 23.7 Å². The number of carbonyl (C=O) groups is 1. The summed E-state index contributed by atoms with van der Waals surface area (Å²) < 4.78 is 5.62. The molecular weight excluding hydrogens is 218 g/mol. The molecule has 2 rings (SSSR count). The minimum absolute atomic E-state index is 0.242. The first kappa shape index (κ1) is 12.2. The molecule has 17 heavy (non-hydrogen) atoms. The van der Waals surface area contributed by atoms with Gasteiger partial charge in [0.2, 0.25) is 0 Å². The average molecular weight is 237 g/mol. The van der Waals surface area contributed by atoms with Gasteiger partial charge in [-0.1, -0.05) is 13.8 Å². The summed E-state index contributed by atoms with van der Waals surface area (Å²) in [6, 6.07) is 4.01. The standard InChI is InChI=1S/C13H19NO3/c1-3-11-4-5-12(17-11)8-14-6-10(7-14)9(2)13(15)16/h4-5,9-10H,3,6-8H2,1-2H3,(H,15,16). The first-order chi connectivity index (χ1) is 8.10. The molecule has 0 aliphatic carbocycles. The summed E-state index contributed by atoms with van der Waals surface area (Å²) in [6.45, 7) is 6.36.